The number of amides is 3. The predicted octanol–water partition coefficient (Wildman–Crippen LogP) is 2.20. The van der Waals surface area contributed by atoms with Crippen molar-refractivity contribution in [2.75, 3.05) is 37.0 Å². The Morgan fingerprint density at radius 2 is 2.16 bits per heavy atom. The minimum absolute atomic E-state index is 0.0134. The van der Waals surface area contributed by atoms with Crippen LogP contribution in [0.2, 0.25) is 0 Å². The first kappa shape index (κ1) is 22.7. The van der Waals surface area contributed by atoms with Crippen molar-refractivity contribution in [3.05, 3.63) is 35.8 Å². The Kier molecular flexibility index (Phi) is 8.36. The molecule has 0 saturated carbocycles. The average Bonchev–Trinajstić information content (AvgIpc) is 3.48. The lowest BCUT2D eigenvalue weighted by atomic mass is 10.2. The van der Waals surface area contributed by atoms with Gasteiger partial charge in [-0.25, -0.2) is 4.98 Å². The molecule has 0 aliphatic carbocycles. The van der Waals surface area contributed by atoms with Crippen LogP contribution >= 0.6 is 11.3 Å². The highest BCUT2D eigenvalue weighted by Gasteiger charge is 2.22. The van der Waals surface area contributed by atoms with E-state index in [-0.39, 0.29) is 43.2 Å². The van der Waals surface area contributed by atoms with E-state index in [4.69, 9.17) is 9.47 Å². The van der Waals surface area contributed by atoms with Gasteiger partial charge in [0.05, 0.1) is 13.2 Å². The molecule has 1 aliphatic rings. The highest BCUT2D eigenvalue weighted by atomic mass is 32.1. The number of rotatable bonds is 10. The minimum Gasteiger partial charge on any atom is -0.497 e. The summed E-state index contributed by atoms with van der Waals surface area (Å²) in [4.78, 5) is 42.9. The van der Waals surface area contributed by atoms with Crippen molar-refractivity contribution in [2.45, 2.75) is 31.8 Å². The molecule has 0 spiro atoms. The van der Waals surface area contributed by atoms with Gasteiger partial charge in [-0.15, -0.1) is 11.3 Å². The zero-order valence-electron chi connectivity index (χ0n) is 17.3. The van der Waals surface area contributed by atoms with Crippen LogP contribution in [0.5, 0.6) is 5.75 Å². The molecule has 1 fully saturated rings. The third kappa shape index (κ3) is 7.04. The Morgan fingerprint density at radius 1 is 1.29 bits per heavy atom. The molecule has 166 valence electrons. The molecule has 0 unspecified atom stereocenters. The van der Waals surface area contributed by atoms with E-state index in [9.17, 15) is 14.4 Å². The lowest BCUT2D eigenvalue weighted by Gasteiger charge is -2.23. The second kappa shape index (κ2) is 11.4. The quantitative estimate of drug-likeness (QED) is 0.579. The van der Waals surface area contributed by atoms with Crippen LogP contribution < -0.4 is 20.3 Å². The van der Waals surface area contributed by atoms with E-state index in [1.165, 1.54) is 23.3 Å². The summed E-state index contributed by atoms with van der Waals surface area (Å²) < 4.78 is 10.8. The zero-order chi connectivity index (χ0) is 22.1. The molecule has 1 aromatic heterocycles. The summed E-state index contributed by atoms with van der Waals surface area (Å²) in [6.45, 7) is 0.958. The second-order valence-corrected chi connectivity index (χ2v) is 7.90. The second-order valence-electron chi connectivity index (χ2n) is 7.01. The van der Waals surface area contributed by atoms with Gasteiger partial charge in [0.1, 0.15) is 12.3 Å². The summed E-state index contributed by atoms with van der Waals surface area (Å²) >= 11 is 1.30. The van der Waals surface area contributed by atoms with Crippen LogP contribution in [0.1, 0.15) is 25.7 Å². The summed E-state index contributed by atoms with van der Waals surface area (Å²) in [7, 11) is 1.53. The number of aromatic nitrogens is 1. The number of carbonyl (C=O) groups is 3. The number of carbonyl (C=O) groups excluding carboxylic acids is 3. The molecule has 1 saturated heterocycles. The van der Waals surface area contributed by atoms with Crippen molar-refractivity contribution in [1.82, 2.24) is 10.3 Å². The number of hydrogen-bond acceptors (Lipinski definition) is 7. The van der Waals surface area contributed by atoms with Gasteiger partial charge < -0.3 is 25.0 Å². The Bertz CT molecular complexity index is 884. The van der Waals surface area contributed by atoms with E-state index in [0.717, 1.165) is 12.8 Å². The van der Waals surface area contributed by atoms with E-state index in [1.807, 2.05) is 0 Å². The maximum Gasteiger partial charge on any atom is 0.240 e. The number of benzene rings is 1. The number of ether oxygens (including phenoxy) is 2. The van der Waals surface area contributed by atoms with Crippen LogP contribution in [0.4, 0.5) is 10.8 Å². The molecule has 9 nitrogen and oxygen atoms in total. The van der Waals surface area contributed by atoms with E-state index >= 15 is 0 Å². The fourth-order valence-electron chi connectivity index (χ4n) is 3.16. The molecular formula is C21H26N4O5S. The van der Waals surface area contributed by atoms with Crippen LogP contribution in [-0.4, -0.2) is 55.6 Å². The molecule has 3 amide bonds. The van der Waals surface area contributed by atoms with Gasteiger partial charge in [-0.2, -0.15) is 0 Å². The molecule has 3 rings (SSSR count). The van der Waals surface area contributed by atoms with Crippen LogP contribution in [0, 0.1) is 0 Å². The number of thiazole rings is 1. The molecule has 1 aliphatic heterocycles. The van der Waals surface area contributed by atoms with Gasteiger partial charge in [0.2, 0.25) is 17.7 Å². The third-order valence-corrected chi connectivity index (χ3v) is 5.45. The van der Waals surface area contributed by atoms with Crippen molar-refractivity contribution < 1.29 is 23.9 Å². The summed E-state index contributed by atoms with van der Waals surface area (Å²) in [5, 5.41) is 7.71. The topological polar surface area (TPSA) is 110 Å². The first-order chi connectivity index (χ1) is 15.0. The summed E-state index contributed by atoms with van der Waals surface area (Å²) in [6, 6.07) is 6.91. The molecule has 2 heterocycles. The van der Waals surface area contributed by atoms with Crippen molar-refractivity contribution in [3.63, 3.8) is 0 Å². The van der Waals surface area contributed by atoms with Crippen LogP contribution in [0.15, 0.2) is 35.8 Å². The molecule has 10 heteroatoms. The fourth-order valence-corrected chi connectivity index (χ4v) is 3.70. The normalized spacial score (nSPS) is 15.3. The number of hydrogen-bond donors (Lipinski definition) is 2. The maximum absolute atomic E-state index is 12.9. The SMILES string of the molecule is COc1cccc(N(CC(=O)NC[C@H]2CCCO2)C(=O)CCC(=O)Nc2nccs2)c1. The lowest BCUT2D eigenvalue weighted by molar-refractivity contribution is -0.125. The lowest BCUT2D eigenvalue weighted by Crippen LogP contribution is -2.43. The van der Waals surface area contributed by atoms with Gasteiger partial charge in [-0.1, -0.05) is 6.07 Å². The predicted molar refractivity (Wildman–Crippen MR) is 117 cm³/mol. The van der Waals surface area contributed by atoms with Crippen molar-refractivity contribution >= 4 is 39.9 Å². The standard InChI is InChI=1S/C21H26N4O5S/c1-29-16-5-2-4-15(12-16)25(14-19(27)23-13-17-6-3-10-30-17)20(28)8-7-18(26)24-21-22-9-11-31-21/h2,4-5,9,11-12,17H,3,6-8,10,13-14H2,1H3,(H,23,27)(H,22,24,26)/t17-/m1/s1. The molecule has 0 bridgehead atoms. The Morgan fingerprint density at radius 3 is 2.87 bits per heavy atom. The maximum atomic E-state index is 12.9. The van der Waals surface area contributed by atoms with E-state index in [1.54, 1.807) is 35.8 Å². The average molecular weight is 447 g/mol. The number of nitrogens with one attached hydrogen (secondary N) is 2. The van der Waals surface area contributed by atoms with Gasteiger partial charge in [0.25, 0.3) is 0 Å². The first-order valence-electron chi connectivity index (χ1n) is 10.1. The zero-order valence-corrected chi connectivity index (χ0v) is 18.2. The molecule has 1 aromatic carbocycles. The van der Waals surface area contributed by atoms with Gasteiger partial charge in [0, 0.05) is 49.3 Å². The number of nitrogens with zero attached hydrogens (tertiary/aromatic N) is 2. The van der Waals surface area contributed by atoms with E-state index in [2.05, 4.69) is 15.6 Å². The van der Waals surface area contributed by atoms with Gasteiger partial charge >= 0.3 is 0 Å². The summed E-state index contributed by atoms with van der Waals surface area (Å²) in [6.07, 6.45) is 3.43. The van der Waals surface area contributed by atoms with Crippen LogP contribution in [0.3, 0.4) is 0 Å². The fraction of sp³-hybridized carbons (Fsp3) is 0.429. The minimum atomic E-state index is -0.338. The van der Waals surface area contributed by atoms with Gasteiger partial charge in [-0.05, 0) is 25.0 Å². The van der Waals surface area contributed by atoms with Gasteiger partial charge in [-0.3, -0.25) is 14.4 Å². The number of methoxy groups -OCH3 is 1. The van der Waals surface area contributed by atoms with Crippen molar-refractivity contribution in [2.24, 2.45) is 0 Å². The molecule has 31 heavy (non-hydrogen) atoms. The van der Waals surface area contributed by atoms with Crippen molar-refractivity contribution in [1.29, 1.82) is 0 Å². The Labute approximate surface area is 184 Å². The monoisotopic (exact) mass is 446 g/mol. The highest BCUT2D eigenvalue weighted by Crippen LogP contribution is 2.22. The van der Waals surface area contributed by atoms with Crippen LogP contribution in [0.25, 0.3) is 0 Å². The van der Waals surface area contributed by atoms with Crippen molar-refractivity contribution in [3.8, 4) is 5.75 Å². The van der Waals surface area contributed by atoms with E-state index < -0.39 is 0 Å². The largest absolute Gasteiger partial charge is 0.497 e. The molecule has 1 atom stereocenters. The highest BCUT2D eigenvalue weighted by molar-refractivity contribution is 7.13. The van der Waals surface area contributed by atoms with Gasteiger partial charge in [0.15, 0.2) is 5.13 Å². The third-order valence-electron chi connectivity index (χ3n) is 4.76. The summed E-state index contributed by atoms with van der Waals surface area (Å²) in [5.41, 5.74) is 0.525. The number of anilines is 2. The molecule has 2 N–H and O–H groups in total. The van der Waals surface area contributed by atoms with Crippen LogP contribution in [-0.2, 0) is 19.1 Å². The molecule has 2 aromatic rings. The molecular weight excluding hydrogens is 420 g/mol. The smallest absolute Gasteiger partial charge is 0.240 e. The molecule has 0 radical (unpaired) electrons. The Hall–Kier alpha value is -2.98. The summed E-state index contributed by atoms with van der Waals surface area (Å²) in [5.74, 6) is -0.373. The Balaban J connectivity index is 1.61. The first-order valence-corrected chi connectivity index (χ1v) is 10.9. The van der Waals surface area contributed by atoms with E-state index in [0.29, 0.717) is 29.7 Å².